The number of rotatable bonds is 5. The Hall–Kier alpha value is 0.0500. The van der Waals surface area contributed by atoms with Crippen molar-refractivity contribution in [2.45, 2.75) is 19.4 Å². The van der Waals surface area contributed by atoms with Crippen molar-refractivity contribution in [3.8, 4) is 0 Å². The van der Waals surface area contributed by atoms with Crippen LogP contribution in [0.3, 0.4) is 0 Å². The highest BCUT2D eigenvalue weighted by Gasteiger charge is 2.10. The first-order valence-electron chi connectivity index (χ1n) is 4.85. The Balaban J connectivity index is 3.11. The molecule has 0 radical (unpaired) electrons. The van der Waals surface area contributed by atoms with Gasteiger partial charge in [-0.05, 0) is 29.5 Å². The molecule has 0 amide bonds. The van der Waals surface area contributed by atoms with Crippen LogP contribution in [0.5, 0.6) is 0 Å². The fraction of sp³-hybridized carbons (Fsp3) is 0.455. The lowest BCUT2D eigenvalue weighted by atomic mass is 10.00. The van der Waals surface area contributed by atoms with E-state index in [1.165, 1.54) is 5.56 Å². The number of benzene rings is 1. The van der Waals surface area contributed by atoms with E-state index in [9.17, 15) is 0 Å². The summed E-state index contributed by atoms with van der Waals surface area (Å²) in [7, 11) is 0. The van der Waals surface area contributed by atoms with Gasteiger partial charge < -0.3 is 5.73 Å². The van der Waals surface area contributed by atoms with E-state index < -0.39 is 0 Å². The Bertz CT molecular complexity index is 326. The summed E-state index contributed by atoms with van der Waals surface area (Å²) >= 11 is 17.7. The molecule has 1 nitrogen and oxygen atoms in total. The number of hydrogen-bond acceptors (Lipinski definition) is 1. The van der Waals surface area contributed by atoms with Crippen molar-refractivity contribution in [2.75, 3.05) is 11.8 Å². The van der Waals surface area contributed by atoms with Gasteiger partial charge >= 0.3 is 0 Å². The number of alkyl halides is 2. The molecule has 0 bridgehead atoms. The number of nitrogens with two attached hydrogens (primary N) is 1. The zero-order valence-corrected chi connectivity index (χ0v) is 10.7. The lowest BCUT2D eigenvalue weighted by molar-refractivity contribution is 1.01. The van der Waals surface area contributed by atoms with Crippen LogP contribution in [0.2, 0.25) is 5.02 Å². The first-order valence-corrected chi connectivity index (χ1v) is 6.30. The Labute approximate surface area is 106 Å². The largest absolute Gasteiger partial charge is 0.326 e. The molecule has 0 heterocycles. The van der Waals surface area contributed by atoms with Gasteiger partial charge in [0, 0.05) is 23.3 Å². The van der Waals surface area contributed by atoms with Crippen LogP contribution in [0.15, 0.2) is 12.1 Å². The van der Waals surface area contributed by atoms with Crippen molar-refractivity contribution in [3.63, 3.8) is 0 Å². The molecule has 1 aromatic carbocycles. The molecule has 0 fully saturated rings. The summed E-state index contributed by atoms with van der Waals surface area (Å²) in [6.07, 6.45) is 1.58. The maximum atomic E-state index is 6.25. The zero-order chi connectivity index (χ0) is 11.3. The van der Waals surface area contributed by atoms with Crippen LogP contribution in [0.1, 0.15) is 16.7 Å². The molecule has 0 aromatic heterocycles. The third-order valence-corrected chi connectivity index (χ3v) is 3.20. The SMILES string of the molecule is NCc1ccc(CCCl)c(CCCl)c1Cl. The van der Waals surface area contributed by atoms with E-state index in [-0.39, 0.29) is 0 Å². The Morgan fingerprint density at radius 2 is 1.60 bits per heavy atom. The molecule has 0 aliphatic rings. The smallest absolute Gasteiger partial charge is 0.0486 e. The van der Waals surface area contributed by atoms with E-state index in [4.69, 9.17) is 40.5 Å². The summed E-state index contributed by atoms with van der Waals surface area (Å²) in [5, 5.41) is 0.751. The highest BCUT2D eigenvalue weighted by molar-refractivity contribution is 6.32. The van der Waals surface area contributed by atoms with Gasteiger partial charge in [0.15, 0.2) is 0 Å². The van der Waals surface area contributed by atoms with Crippen LogP contribution in [0.25, 0.3) is 0 Å². The van der Waals surface area contributed by atoms with Crippen molar-refractivity contribution in [1.82, 2.24) is 0 Å². The topological polar surface area (TPSA) is 26.0 Å². The van der Waals surface area contributed by atoms with E-state index >= 15 is 0 Å². The van der Waals surface area contributed by atoms with Gasteiger partial charge in [0.05, 0.1) is 0 Å². The van der Waals surface area contributed by atoms with E-state index in [2.05, 4.69) is 0 Å². The molecule has 0 aliphatic carbocycles. The van der Waals surface area contributed by atoms with Crippen molar-refractivity contribution >= 4 is 34.8 Å². The zero-order valence-electron chi connectivity index (χ0n) is 8.40. The minimum Gasteiger partial charge on any atom is -0.326 e. The number of aryl methyl sites for hydroxylation is 1. The van der Waals surface area contributed by atoms with Crippen molar-refractivity contribution in [3.05, 3.63) is 33.8 Å². The summed E-state index contributed by atoms with van der Waals surface area (Å²) in [6, 6.07) is 4.00. The predicted octanol–water partition coefficient (Wildman–Crippen LogP) is 3.36. The van der Waals surface area contributed by atoms with Crippen LogP contribution in [-0.4, -0.2) is 11.8 Å². The minimum atomic E-state index is 0.454. The lowest BCUT2D eigenvalue weighted by Gasteiger charge is -2.12. The average Bonchev–Trinajstić information content (AvgIpc) is 2.24. The van der Waals surface area contributed by atoms with Gasteiger partial charge in [0.2, 0.25) is 0 Å². The molecule has 0 atom stereocenters. The first-order chi connectivity index (χ1) is 7.24. The Morgan fingerprint density at radius 3 is 2.13 bits per heavy atom. The second kappa shape index (κ2) is 6.59. The molecule has 1 aromatic rings. The molecule has 0 unspecified atom stereocenters. The van der Waals surface area contributed by atoms with Crippen LogP contribution in [0, 0.1) is 0 Å². The summed E-state index contributed by atoms with van der Waals surface area (Å²) in [4.78, 5) is 0. The summed E-state index contributed by atoms with van der Waals surface area (Å²) in [6.45, 7) is 0.454. The first kappa shape index (κ1) is 13.1. The van der Waals surface area contributed by atoms with Crippen LogP contribution >= 0.6 is 34.8 Å². The maximum absolute atomic E-state index is 6.25. The van der Waals surface area contributed by atoms with Gasteiger partial charge in [-0.1, -0.05) is 23.7 Å². The molecule has 0 saturated heterocycles. The number of hydrogen-bond donors (Lipinski definition) is 1. The second-order valence-corrected chi connectivity index (χ2v) is 4.39. The fourth-order valence-electron chi connectivity index (χ4n) is 1.57. The normalized spacial score (nSPS) is 10.7. The molecule has 1 rings (SSSR count). The van der Waals surface area contributed by atoms with Crippen molar-refractivity contribution in [2.24, 2.45) is 5.73 Å². The molecule has 84 valence electrons. The summed E-state index contributed by atoms with van der Waals surface area (Å²) in [5.41, 5.74) is 8.83. The standard InChI is InChI=1S/C11H14Cl3N/c12-5-3-8-1-2-9(7-15)11(14)10(8)4-6-13/h1-2H,3-7,15H2. The Morgan fingerprint density at radius 1 is 1.00 bits per heavy atom. The average molecular weight is 267 g/mol. The maximum Gasteiger partial charge on any atom is 0.0486 e. The number of halogens is 3. The summed E-state index contributed by atoms with van der Waals surface area (Å²) in [5.74, 6) is 1.15. The van der Waals surface area contributed by atoms with E-state index in [1.54, 1.807) is 0 Å². The monoisotopic (exact) mass is 265 g/mol. The van der Waals surface area contributed by atoms with E-state index in [0.29, 0.717) is 18.3 Å². The third-order valence-electron chi connectivity index (χ3n) is 2.35. The van der Waals surface area contributed by atoms with Crippen molar-refractivity contribution < 1.29 is 0 Å². The highest BCUT2D eigenvalue weighted by atomic mass is 35.5. The van der Waals surface area contributed by atoms with Gasteiger partial charge in [-0.25, -0.2) is 0 Å². The molecular weight excluding hydrogens is 252 g/mol. The molecule has 0 saturated carbocycles. The summed E-state index contributed by atoms with van der Waals surface area (Å²) < 4.78 is 0. The van der Waals surface area contributed by atoms with Gasteiger partial charge in [-0.3, -0.25) is 0 Å². The van der Waals surface area contributed by atoms with E-state index in [1.807, 2.05) is 12.1 Å². The molecule has 4 heteroatoms. The predicted molar refractivity (Wildman–Crippen MR) is 68.2 cm³/mol. The van der Waals surface area contributed by atoms with Gasteiger partial charge in [-0.15, -0.1) is 23.2 Å². The van der Waals surface area contributed by atoms with Crippen molar-refractivity contribution in [1.29, 1.82) is 0 Å². The van der Waals surface area contributed by atoms with Crippen LogP contribution in [-0.2, 0) is 19.4 Å². The Kier molecular flexibility index (Phi) is 5.77. The van der Waals surface area contributed by atoms with Gasteiger partial charge in [0.25, 0.3) is 0 Å². The van der Waals surface area contributed by atoms with E-state index in [0.717, 1.165) is 29.0 Å². The second-order valence-electron chi connectivity index (χ2n) is 3.26. The molecule has 0 spiro atoms. The molecule has 2 N–H and O–H groups in total. The lowest BCUT2D eigenvalue weighted by Crippen LogP contribution is -2.04. The molecular formula is C11H14Cl3N. The minimum absolute atomic E-state index is 0.454. The van der Waals surface area contributed by atoms with Gasteiger partial charge in [-0.2, -0.15) is 0 Å². The molecule has 0 aliphatic heterocycles. The van der Waals surface area contributed by atoms with Crippen LogP contribution < -0.4 is 5.73 Å². The van der Waals surface area contributed by atoms with Gasteiger partial charge in [0.1, 0.15) is 0 Å². The van der Waals surface area contributed by atoms with Crippen LogP contribution in [0.4, 0.5) is 0 Å². The quantitative estimate of drug-likeness (QED) is 0.813. The highest BCUT2D eigenvalue weighted by Crippen LogP contribution is 2.26. The third kappa shape index (κ3) is 3.25. The molecule has 15 heavy (non-hydrogen) atoms. The fourth-order valence-corrected chi connectivity index (χ4v) is 2.32.